The van der Waals surface area contributed by atoms with E-state index in [-0.39, 0.29) is 12.0 Å². The highest BCUT2D eigenvalue weighted by Crippen LogP contribution is 2.30. The van der Waals surface area contributed by atoms with Gasteiger partial charge in [0.1, 0.15) is 5.60 Å². The number of aryl methyl sites for hydroxylation is 1. The summed E-state index contributed by atoms with van der Waals surface area (Å²) in [6.07, 6.45) is 1.56. The van der Waals surface area contributed by atoms with Gasteiger partial charge in [0, 0.05) is 24.8 Å². The summed E-state index contributed by atoms with van der Waals surface area (Å²) in [6.45, 7) is 8.93. The molecule has 5 heteroatoms. The molecule has 2 rings (SSSR count). The van der Waals surface area contributed by atoms with Gasteiger partial charge < -0.3 is 14.7 Å². The van der Waals surface area contributed by atoms with Gasteiger partial charge in [0.2, 0.25) is 5.88 Å². The van der Waals surface area contributed by atoms with Crippen LogP contribution in [0.2, 0.25) is 0 Å². The number of carbonyl (C=O) groups is 1. The van der Waals surface area contributed by atoms with Gasteiger partial charge in [0.25, 0.3) is 0 Å². The highest BCUT2D eigenvalue weighted by molar-refractivity contribution is 5.68. The summed E-state index contributed by atoms with van der Waals surface area (Å²) >= 11 is 0. The molecular weight excluding hydrogens is 268 g/mol. The minimum Gasteiger partial charge on any atom is -0.493 e. The number of ether oxygens (including phenoxy) is 1. The average molecular weight is 292 g/mol. The maximum Gasteiger partial charge on any atom is 0.410 e. The molecule has 0 atom stereocenters. The summed E-state index contributed by atoms with van der Waals surface area (Å²) in [4.78, 5) is 17.9. The second-order valence-electron chi connectivity index (χ2n) is 6.59. The van der Waals surface area contributed by atoms with Crippen molar-refractivity contribution in [3.05, 3.63) is 23.4 Å². The van der Waals surface area contributed by atoms with Crippen LogP contribution in [-0.4, -0.2) is 39.8 Å². The molecule has 1 saturated heterocycles. The largest absolute Gasteiger partial charge is 0.493 e. The van der Waals surface area contributed by atoms with E-state index in [2.05, 4.69) is 4.98 Å². The Hall–Kier alpha value is -1.78. The molecule has 0 saturated carbocycles. The fraction of sp³-hybridized carbons (Fsp3) is 0.625. The average Bonchev–Trinajstić information content (AvgIpc) is 2.37. The fourth-order valence-corrected chi connectivity index (χ4v) is 2.69. The summed E-state index contributed by atoms with van der Waals surface area (Å²) in [5.74, 6) is 0.444. The Kier molecular flexibility index (Phi) is 4.40. The van der Waals surface area contributed by atoms with Crippen LogP contribution in [0.5, 0.6) is 5.88 Å². The maximum absolute atomic E-state index is 12.0. The van der Waals surface area contributed by atoms with Crippen molar-refractivity contribution in [3.63, 3.8) is 0 Å². The topological polar surface area (TPSA) is 62.7 Å². The number of hydrogen-bond donors (Lipinski definition) is 1. The molecule has 1 amide bonds. The van der Waals surface area contributed by atoms with Crippen molar-refractivity contribution in [1.82, 2.24) is 9.88 Å². The zero-order valence-corrected chi connectivity index (χ0v) is 13.2. The summed E-state index contributed by atoms with van der Waals surface area (Å²) in [7, 11) is 0. The number of amides is 1. The molecule has 0 radical (unpaired) electrons. The highest BCUT2D eigenvalue weighted by Gasteiger charge is 2.28. The summed E-state index contributed by atoms with van der Waals surface area (Å²) in [5.41, 5.74) is 1.58. The molecule has 1 N–H and O–H groups in total. The Balaban J connectivity index is 1.95. The first-order valence-corrected chi connectivity index (χ1v) is 7.41. The van der Waals surface area contributed by atoms with Crippen LogP contribution in [0.1, 0.15) is 50.8 Å². The van der Waals surface area contributed by atoms with Gasteiger partial charge in [-0.3, -0.25) is 0 Å². The van der Waals surface area contributed by atoms with Gasteiger partial charge in [-0.15, -0.1) is 0 Å². The number of nitrogens with zero attached hydrogens (tertiary/aromatic N) is 2. The molecule has 21 heavy (non-hydrogen) atoms. The van der Waals surface area contributed by atoms with Crippen molar-refractivity contribution in [3.8, 4) is 5.88 Å². The molecule has 0 unspecified atom stereocenters. The van der Waals surface area contributed by atoms with E-state index < -0.39 is 5.60 Å². The Morgan fingerprint density at radius 2 is 1.95 bits per heavy atom. The lowest BCUT2D eigenvalue weighted by atomic mass is 9.89. The van der Waals surface area contributed by atoms with Gasteiger partial charge in [-0.05, 0) is 52.0 Å². The molecule has 2 heterocycles. The van der Waals surface area contributed by atoms with Crippen LogP contribution in [0.4, 0.5) is 4.79 Å². The first-order chi connectivity index (χ1) is 9.76. The van der Waals surface area contributed by atoms with E-state index in [1.165, 1.54) is 0 Å². The van der Waals surface area contributed by atoms with Gasteiger partial charge in [-0.25, -0.2) is 9.78 Å². The molecule has 116 valence electrons. The normalized spacial score (nSPS) is 16.9. The summed E-state index contributed by atoms with van der Waals surface area (Å²) in [5, 5.41) is 9.38. The van der Waals surface area contributed by atoms with Gasteiger partial charge >= 0.3 is 6.09 Å². The molecule has 1 aromatic rings. The van der Waals surface area contributed by atoms with Crippen molar-refractivity contribution < 1.29 is 14.6 Å². The van der Waals surface area contributed by atoms with E-state index in [4.69, 9.17) is 4.74 Å². The van der Waals surface area contributed by atoms with E-state index in [0.717, 1.165) is 24.1 Å². The van der Waals surface area contributed by atoms with Gasteiger partial charge in [0.05, 0.1) is 0 Å². The number of pyridine rings is 1. The Bertz CT molecular complexity index is 515. The van der Waals surface area contributed by atoms with Crippen LogP contribution in [0, 0.1) is 6.92 Å². The van der Waals surface area contributed by atoms with Crippen molar-refractivity contribution in [1.29, 1.82) is 0 Å². The number of aromatic nitrogens is 1. The lowest BCUT2D eigenvalue weighted by Gasteiger charge is -2.33. The maximum atomic E-state index is 12.0. The van der Waals surface area contributed by atoms with Crippen molar-refractivity contribution in [2.24, 2.45) is 0 Å². The van der Waals surface area contributed by atoms with Crippen molar-refractivity contribution in [2.45, 2.75) is 52.1 Å². The SMILES string of the molecule is Cc1nc(O)ccc1C1CCN(C(=O)OC(C)(C)C)CC1. The number of piperidine rings is 1. The number of carbonyl (C=O) groups excluding carboxylic acids is 1. The molecule has 0 aromatic carbocycles. The molecule has 5 nitrogen and oxygen atoms in total. The number of rotatable bonds is 1. The Morgan fingerprint density at radius 3 is 2.48 bits per heavy atom. The van der Waals surface area contributed by atoms with E-state index in [1.54, 1.807) is 11.0 Å². The first-order valence-electron chi connectivity index (χ1n) is 7.41. The molecular formula is C16H24N2O3. The van der Waals surface area contributed by atoms with Gasteiger partial charge in [-0.2, -0.15) is 0 Å². The molecule has 0 bridgehead atoms. The number of hydrogen-bond acceptors (Lipinski definition) is 4. The smallest absolute Gasteiger partial charge is 0.410 e. The third-order valence-electron chi connectivity index (χ3n) is 3.70. The number of aromatic hydroxyl groups is 1. The summed E-state index contributed by atoms with van der Waals surface area (Å²) in [6, 6.07) is 3.56. The second kappa shape index (κ2) is 5.92. The molecule has 0 spiro atoms. The van der Waals surface area contributed by atoms with E-state index in [1.807, 2.05) is 33.8 Å². The van der Waals surface area contributed by atoms with E-state index in [9.17, 15) is 9.90 Å². The van der Waals surface area contributed by atoms with Crippen LogP contribution in [-0.2, 0) is 4.74 Å². The van der Waals surface area contributed by atoms with Crippen LogP contribution in [0.15, 0.2) is 12.1 Å². The van der Waals surface area contributed by atoms with Crippen LogP contribution in [0.3, 0.4) is 0 Å². The van der Waals surface area contributed by atoms with E-state index >= 15 is 0 Å². The monoisotopic (exact) mass is 292 g/mol. The van der Waals surface area contributed by atoms with Crippen molar-refractivity contribution >= 4 is 6.09 Å². The third-order valence-corrected chi connectivity index (χ3v) is 3.70. The minimum atomic E-state index is -0.453. The zero-order valence-electron chi connectivity index (χ0n) is 13.2. The lowest BCUT2D eigenvalue weighted by molar-refractivity contribution is 0.0205. The molecule has 1 aliphatic rings. The molecule has 1 aromatic heterocycles. The van der Waals surface area contributed by atoms with Gasteiger partial charge in [0.15, 0.2) is 0 Å². The quantitative estimate of drug-likeness (QED) is 0.863. The van der Waals surface area contributed by atoms with Crippen LogP contribution >= 0.6 is 0 Å². The first kappa shape index (κ1) is 15.6. The molecule has 1 aliphatic heterocycles. The van der Waals surface area contributed by atoms with Crippen molar-refractivity contribution in [2.75, 3.05) is 13.1 Å². The minimum absolute atomic E-state index is 0.0578. The van der Waals surface area contributed by atoms with E-state index in [0.29, 0.717) is 19.0 Å². The highest BCUT2D eigenvalue weighted by atomic mass is 16.6. The predicted molar refractivity (Wildman–Crippen MR) is 80.4 cm³/mol. The van der Waals surface area contributed by atoms with Gasteiger partial charge in [-0.1, -0.05) is 6.07 Å². The lowest BCUT2D eigenvalue weighted by Crippen LogP contribution is -2.41. The third kappa shape index (κ3) is 4.09. The zero-order chi connectivity index (χ0) is 15.6. The Labute approximate surface area is 125 Å². The fourth-order valence-electron chi connectivity index (χ4n) is 2.69. The van der Waals surface area contributed by atoms with Crippen LogP contribution < -0.4 is 0 Å². The van der Waals surface area contributed by atoms with Crippen LogP contribution in [0.25, 0.3) is 0 Å². The molecule has 0 aliphatic carbocycles. The molecule has 1 fully saturated rings. The Morgan fingerprint density at radius 1 is 1.33 bits per heavy atom. The number of likely N-dealkylation sites (tertiary alicyclic amines) is 1. The second-order valence-corrected chi connectivity index (χ2v) is 6.59. The summed E-state index contributed by atoms with van der Waals surface area (Å²) < 4.78 is 5.40. The standard InChI is InChI=1S/C16H24N2O3/c1-11-13(5-6-14(19)17-11)12-7-9-18(10-8-12)15(20)21-16(2,3)4/h5-6,12H,7-10H2,1-4H3,(H,17,19). The predicted octanol–water partition coefficient (Wildman–Crippen LogP) is 3.21.